The van der Waals surface area contributed by atoms with E-state index < -0.39 is 5.41 Å². The molecule has 0 spiro atoms. The van der Waals surface area contributed by atoms with Crippen LogP contribution in [0.3, 0.4) is 0 Å². The number of carbonyl (C=O) groups excluding carboxylic acids is 1. The molecular formula is C14H17IN2OS. The second-order valence-corrected chi connectivity index (χ2v) is 6.66. The van der Waals surface area contributed by atoms with Crippen molar-refractivity contribution in [2.45, 2.75) is 32.1 Å². The van der Waals surface area contributed by atoms with E-state index in [0.29, 0.717) is 4.99 Å². The van der Waals surface area contributed by atoms with E-state index in [1.54, 1.807) is 0 Å². The number of benzene rings is 1. The van der Waals surface area contributed by atoms with Gasteiger partial charge in [0, 0.05) is 9.26 Å². The predicted octanol–water partition coefficient (Wildman–Crippen LogP) is 3.47. The lowest BCUT2D eigenvalue weighted by atomic mass is 9.73. The van der Waals surface area contributed by atoms with E-state index in [9.17, 15) is 4.79 Å². The Kier molecular flexibility index (Phi) is 4.78. The number of halogens is 1. The Labute approximate surface area is 132 Å². The van der Waals surface area contributed by atoms with Gasteiger partial charge in [-0.25, -0.2) is 0 Å². The third-order valence-corrected chi connectivity index (χ3v) is 4.76. The second kappa shape index (κ2) is 6.17. The van der Waals surface area contributed by atoms with Crippen LogP contribution in [-0.4, -0.2) is 10.9 Å². The minimum atomic E-state index is -0.658. The smallest absolute Gasteiger partial charge is 0.237 e. The first-order valence-corrected chi connectivity index (χ1v) is 7.90. The highest BCUT2D eigenvalue weighted by Gasteiger charge is 2.42. The van der Waals surface area contributed by atoms with E-state index in [4.69, 9.17) is 18.0 Å². The van der Waals surface area contributed by atoms with Crippen LogP contribution >= 0.6 is 34.8 Å². The molecule has 5 heteroatoms. The molecular weight excluding hydrogens is 371 g/mol. The van der Waals surface area contributed by atoms with Gasteiger partial charge in [-0.15, -0.1) is 0 Å². The maximum atomic E-state index is 12.6. The molecule has 0 saturated heterocycles. The average Bonchev–Trinajstić information content (AvgIpc) is 2.39. The number of carbonyl (C=O) groups is 1. The highest BCUT2D eigenvalue weighted by molar-refractivity contribution is 14.1. The van der Waals surface area contributed by atoms with E-state index in [0.717, 1.165) is 41.4 Å². The molecule has 3 nitrogen and oxygen atoms in total. The lowest BCUT2D eigenvalue weighted by Crippen LogP contribution is -2.47. The van der Waals surface area contributed by atoms with Gasteiger partial charge in [0.1, 0.15) is 0 Å². The summed E-state index contributed by atoms with van der Waals surface area (Å²) in [6.45, 7) is 0. The van der Waals surface area contributed by atoms with Crippen molar-refractivity contribution in [1.82, 2.24) is 0 Å². The van der Waals surface area contributed by atoms with E-state index in [1.165, 1.54) is 0 Å². The molecule has 19 heavy (non-hydrogen) atoms. The summed E-state index contributed by atoms with van der Waals surface area (Å²) in [5.74, 6) is -0.0540. The highest BCUT2D eigenvalue weighted by atomic mass is 127. The van der Waals surface area contributed by atoms with Crippen LogP contribution in [0.1, 0.15) is 32.1 Å². The number of amides is 1. The normalized spacial score (nSPS) is 17.7. The zero-order valence-corrected chi connectivity index (χ0v) is 13.6. The first-order valence-electron chi connectivity index (χ1n) is 6.41. The SMILES string of the molecule is NC(=S)C1(C(=O)Nc2cccc(I)c2)CCCCC1. The Bertz CT molecular complexity index is 498. The molecule has 0 radical (unpaired) electrons. The van der Waals surface area contributed by atoms with Crippen LogP contribution in [-0.2, 0) is 4.79 Å². The molecule has 1 fully saturated rings. The Hall–Kier alpha value is -0.690. The van der Waals surface area contributed by atoms with Crippen molar-refractivity contribution in [3.05, 3.63) is 27.8 Å². The molecule has 0 atom stereocenters. The van der Waals surface area contributed by atoms with Gasteiger partial charge in [-0.05, 0) is 53.6 Å². The fraction of sp³-hybridized carbons (Fsp3) is 0.429. The lowest BCUT2D eigenvalue weighted by molar-refractivity contribution is -0.123. The van der Waals surface area contributed by atoms with Gasteiger partial charge in [-0.1, -0.05) is 37.5 Å². The Balaban J connectivity index is 2.19. The Morgan fingerprint density at radius 3 is 2.58 bits per heavy atom. The minimum absolute atomic E-state index is 0.0540. The topological polar surface area (TPSA) is 55.1 Å². The van der Waals surface area contributed by atoms with Gasteiger partial charge in [-0.3, -0.25) is 4.79 Å². The van der Waals surface area contributed by atoms with Crippen LogP contribution in [0.15, 0.2) is 24.3 Å². The van der Waals surface area contributed by atoms with Gasteiger partial charge in [0.05, 0.1) is 10.4 Å². The third kappa shape index (κ3) is 3.25. The van der Waals surface area contributed by atoms with E-state index in [2.05, 4.69) is 27.9 Å². The van der Waals surface area contributed by atoms with E-state index in [-0.39, 0.29) is 5.91 Å². The van der Waals surface area contributed by atoms with Crippen molar-refractivity contribution < 1.29 is 4.79 Å². The summed E-state index contributed by atoms with van der Waals surface area (Å²) in [6.07, 6.45) is 4.70. The van der Waals surface area contributed by atoms with Crippen LogP contribution in [0.5, 0.6) is 0 Å². The van der Waals surface area contributed by atoms with Gasteiger partial charge in [0.2, 0.25) is 5.91 Å². The molecule has 0 heterocycles. The van der Waals surface area contributed by atoms with Gasteiger partial charge in [0.15, 0.2) is 0 Å². The monoisotopic (exact) mass is 388 g/mol. The van der Waals surface area contributed by atoms with Crippen molar-refractivity contribution in [3.8, 4) is 0 Å². The van der Waals surface area contributed by atoms with Crippen molar-refractivity contribution in [2.75, 3.05) is 5.32 Å². The van der Waals surface area contributed by atoms with E-state index in [1.807, 2.05) is 24.3 Å². The maximum Gasteiger partial charge on any atom is 0.237 e. The molecule has 102 valence electrons. The van der Waals surface area contributed by atoms with Crippen molar-refractivity contribution in [2.24, 2.45) is 11.1 Å². The zero-order valence-electron chi connectivity index (χ0n) is 10.6. The second-order valence-electron chi connectivity index (χ2n) is 4.97. The van der Waals surface area contributed by atoms with Crippen LogP contribution < -0.4 is 11.1 Å². The summed E-state index contributed by atoms with van der Waals surface area (Å²) in [4.78, 5) is 12.9. The molecule has 1 amide bonds. The fourth-order valence-corrected chi connectivity index (χ4v) is 3.40. The first kappa shape index (κ1) is 14.7. The standard InChI is InChI=1S/C14H17IN2OS/c15-10-5-4-6-11(9-10)17-13(18)14(12(16)19)7-2-1-3-8-14/h4-6,9H,1-3,7-8H2,(H2,16,19)(H,17,18). The quantitative estimate of drug-likeness (QED) is 0.616. The molecule has 2 rings (SSSR count). The fourth-order valence-electron chi connectivity index (χ4n) is 2.56. The third-order valence-electron chi connectivity index (χ3n) is 3.70. The van der Waals surface area contributed by atoms with Crippen LogP contribution in [0, 0.1) is 8.99 Å². The summed E-state index contributed by atoms with van der Waals surface area (Å²) >= 11 is 7.38. The molecule has 1 aliphatic rings. The molecule has 1 aliphatic carbocycles. The molecule has 0 unspecified atom stereocenters. The van der Waals surface area contributed by atoms with Crippen LogP contribution in [0.25, 0.3) is 0 Å². The number of rotatable bonds is 3. The summed E-state index contributed by atoms with van der Waals surface area (Å²) in [6, 6.07) is 7.73. The van der Waals surface area contributed by atoms with Crippen molar-refractivity contribution in [1.29, 1.82) is 0 Å². The Morgan fingerprint density at radius 2 is 2.00 bits per heavy atom. The maximum absolute atomic E-state index is 12.6. The first-order chi connectivity index (χ1) is 9.04. The molecule has 1 aromatic carbocycles. The van der Waals surface area contributed by atoms with Gasteiger partial charge in [-0.2, -0.15) is 0 Å². The number of hydrogen-bond acceptors (Lipinski definition) is 2. The number of nitrogens with one attached hydrogen (secondary N) is 1. The summed E-state index contributed by atoms with van der Waals surface area (Å²) in [5.41, 5.74) is 6.00. The van der Waals surface area contributed by atoms with Gasteiger partial charge in [0.25, 0.3) is 0 Å². The van der Waals surface area contributed by atoms with Crippen LogP contribution in [0.2, 0.25) is 0 Å². The van der Waals surface area contributed by atoms with Gasteiger partial charge >= 0.3 is 0 Å². The number of hydrogen-bond donors (Lipinski definition) is 2. The number of anilines is 1. The minimum Gasteiger partial charge on any atom is -0.392 e. The predicted molar refractivity (Wildman–Crippen MR) is 90.1 cm³/mol. The number of nitrogens with two attached hydrogens (primary N) is 1. The van der Waals surface area contributed by atoms with Crippen molar-refractivity contribution >= 4 is 51.4 Å². The summed E-state index contributed by atoms with van der Waals surface area (Å²) < 4.78 is 1.09. The summed E-state index contributed by atoms with van der Waals surface area (Å²) in [5, 5.41) is 2.96. The lowest BCUT2D eigenvalue weighted by Gasteiger charge is -2.34. The zero-order chi connectivity index (χ0) is 13.9. The largest absolute Gasteiger partial charge is 0.392 e. The summed E-state index contributed by atoms with van der Waals surface area (Å²) in [7, 11) is 0. The number of thiocarbonyl (C=S) groups is 1. The molecule has 3 N–H and O–H groups in total. The Morgan fingerprint density at radius 1 is 1.32 bits per heavy atom. The van der Waals surface area contributed by atoms with E-state index >= 15 is 0 Å². The average molecular weight is 388 g/mol. The molecule has 0 aromatic heterocycles. The van der Waals surface area contributed by atoms with Crippen LogP contribution in [0.4, 0.5) is 5.69 Å². The molecule has 1 aromatic rings. The molecule has 1 saturated carbocycles. The highest BCUT2D eigenvalue weighted by Crippen LogP contribution is 2.37. The van der Waals surface area contributed by atoms with Crippen molar-refractivity contribution in [3.63, 3.8) is 0 Å². The molecule has 0 bridgehead atoms. The van der Waals surface area contributed by atoms with Gasteiger partial charge < -0.3 is 11.1 Å². The molecule has 0 aliphatic heterocycles.